The molecule has 4 nitrogen and oxygen atoms in total. The second kappa shape index (κ2) is 4.90. The quantitative estimate of drug-likeness (QED) is 0.840. The molecule has 2 rings (SSSR count). The van der Waals surface area contributed by atoms with Crippen LogP contribution in [-0.4, -0.2) is 28.1 Å². The summed E-state index contributed by atoms with van der Waals surface area (Å²) in [5.74, 6) is 0. The lowest BCUT2D eigenvalue weighted by Gasteiger charge is -2.05. The van der Waals surface area contributed by atoms with Crippen molar-refractivity contribution >= 4 is 0 Å². The van der Waals surface area contributed by atoms with E-state index in [1.165, 1.54) is 0 Å². The first kappa shape index (κ1) is 10.8. The fourth-order valence-corrected chi connectivity index (χ4v) is 1.51. The molecule has 0 spiro atoms. The van der Waals surface area contributed by atoms with E-state index in [1.54, 1.807) is 4.68 Å². The number of aromatic nitrogens is 3. The van der Waals surface area contributed by atoms with Crippen LogP contribution in [0.4, 0.5) is 0 Å². The number of nitrogens with one attached hydrogen (secondary N) is 1. The predicted octanol–water partition coefficient (Wildman–Crippen LogP) is 1.42. The molecule has 0 aliphatic rings. The van der Waals surface area contributed by atoms with E-state index < -0.39 is 0 Å². The van der Waals surface area contributed by atoms with E-state index in [2.05, 4.69) is 22.6 Å². The second-order valence-electron chi connectivity index (χ2n) is 3.88. The van der Waals surface area contributed by atoms with Crippen molar-refractivity contribution in [3.63, 3.8) is 0 Å². The van der Waals surface area contributed by atoms with Gasteiger partial charge in [0.15, 0.2) is 0 Å². The van der Waals surface area contributed by atoms with E-state index >= 15 is 0 Å². The monoisotopic (exact) mass is 216 g/mol. The summed E-state index contributed by atoms with van der Waals surface area (Å²) in [7, 11) is 1.95. The average molecular weight is 216 g/mol. The van der Waals surface area contributed by atoms with Crippen LogP contribution < -0.4 is 5.32 Å². The molecule has 0 radical (unpaired) electrons. The fraction of sp³-hybridized carbons (Fsp3) is 0.333. The number of hydrogen-bond acceptors (Lipinski definition) is 3. The van der Waals surface area contributed by atoms with Gasteiger partial charge in [0.25, 0.3) is 0 Å². The van der Waals surface area contributed by atoms with Crippen LogP contribution in [0.25, 0.3) is 5.69 Å². The van der Waals surface area contributed by atoms with E-state index in [0.29, 0.717) is 6.04 Å². The first-order chi connectivity index (χ1) is 7.79. The van der Waals surface area contributed by atoms with Crippen molar-refractivity contribution in [3.05, 3.63) is 42.2 Å². The fourth-order valence-electron chi connectivity index (χ4n) is 1.51. The summed E-state index contributed by atoms with van der Waals surface area (Å²) in [6.45, 7) is 2.13. The van der Waals surface area contributed by atoms with Crippen LogP contribution in [0.1, 0.15) is 12.6 Å². The Bertz CT molecular complexity index is 435. The van der Waals surface area contributed by atoms with E-state index in [9.17, 15) is 0 Å². The van der Waals surface area contributed by atoms with Gasteiger partial charge in [-0.3, -0.25) is 0 Å². The minimum Gasteiger partial charge on any atom is -0.317 e. The molecule has 0 saturated carbocycles. The van der Waals surface area contributed by atoms with E-state index in [-0.39, 0.29) is 0 Å². The highest BCUT2D eigenvalue weighted by molar-refractivity contribution is 5.29. The zero-order chi connectivity index (χ0) is 11.4. The van der Waals surface area contributed by atoms with Gasteiger partial charge in [0.2, 0.25) is 0 Å². The van der Waals surface area contributed by atoms with Crippen LogP contribution in [0.15, 0.2) is 36.5 Å². The first-order valence-corrected chi connectivity index (χ1v) is 5.43. The summed E-state index contributed by atoms with van der Waals surface area (Å²) < 4.78 is 1.80. The first-order valence-electron chi connectivity index (χ1n) is 5.43. The van der Waals surface area contributed by atoms with E-state index in [0.717, 1.165) is 17.8 Å². The molecular formula is C12H16N4. The molecule has 1 unspecified atom stereocenters. The van der Waals surface area contributed by atoms with Gasteiger partial charge < -0.3 is 5.32 Å². The normalized spacial score (nSPS) is 12.6. The summed E-state index contributed by atoms with van der Waals surface area (Å²) in [6, 6.07) is 10.4. The summed E-state index contributed by atoms with van der Waals surface area (Å²) in [5, 5.41) is 11.5. The second-order valence-corrected chi connectivity index (χ2v) is 3.88. The molecule has 2 aromatic rings. The average Bonchev–Trinajstić information content (AvgIpc) is 2.78. The Kier molecular flexibility index (Phi) is 3.31. The van der Waals surface area contributed by atoms with Gasteiger partial charge in [0, 0.05) is 12.5 Å². The Morgan fingerprint density at radius 2 is 2.06 bits per heavy atom. The lowest BCUT2D eigenvalue weighted by molar-refractivity contribution is 0.599. The molecule has 84 valence electrons. The highest BCUT2D eigenvalue weighted by Gasteiger charge is 2.05. The van der Waals surface area contributed by atoms with Crippen molar-refractivity contribution in [2.75, 3.05) is 7.05 Å². The van der Waals surface area contributed by atoms with Gasteiger partial charge in [-0.1, -0.05) is 23.4 Å². The van der Waals surface area contributed by atoms with Crippen LogP contribution in [-0.2, 0) is 6.42 Å². The summed E-state index contributed by atoms with van der Waals surface area (Å²) in [4.78, 5) is 0. The largest absolute Gasteiger partial charge is 0.317 e. The van der Waals surface area contributed by atoms with Gasteiger partial charge in [0.05, 0.1) is 17.6 Å². The molecule has 0 aliphatic heterocycles. The van der Waals surface area contributed by atoms with Crippen molar-refractivity contribution in [2.24, 2.45) is 0 Å². The molecule has 4 heteroatoms. The number of benzene rings is 1. The van der Waals surface area contributed by atoms with E-state index in [1.807, 2.05) is 43.6 Å². The Morgan fingerprint density at radius 1 is 1.31 bits per heavy atom. The number of rotatable bonds is 4. The standard InChI is InChI=1S/C12H16N4/c1-10(13-2)8-11-9-16(15-14-11)12-6-4-3-5-7-12/h3-7,9-10,13H,8H2,1-2H3. The van der Waals surface area contributed by atoms with Gasteiger partial charge in [-0.05, 0) is 26.1 Å². The smallest absolute Gasteiger partial charge is 0.0847 e. The summed E-state index contributed by atoms with van der Waals surface area (Å²) in [6.07, 6.45) is 2.87. The van der Waals surface area contributed by atoms with Gasteiger partial charge in [-0.25, -0.2) is 4.68 Å². The SMILES string of the molecule is CNC(C)Cc1cn(-c2ccccc2)nn1. The van der Waals surface area contributed by atoms with Crippen molar-refractivity contribution in [1.29, 1.82) is 0 Å². The van der Waals surface area contributed by atoms with Crippen LogP contribution in [0.3, 0.4) is 0 Å². The number of para-hydroxylation sites is 1. The highest BCUT2D eigenvalue weighted by atomic mass is 15.4. The number of nitrogens with zero attached hydrogens (tertiary/aromatic N) is 3. The maximum atomic E-state index is 4.15. The highest BCUT2D eigenvalue weighted by Crippen LogP contribution is 2.06. The Morgan fingerprint density at radius 3 is 2.75 bits per heavy atom. The third-order valence-electron chi connectivity index (χ3n) is 2.57. The molecule has 1 aromatic carbocycles. The third-order valence-corrected chi connectivity index (χ3v) is 2.57. The summed E-state index contributed by atoms with van der Waals surface area (Å²) >= 11 is 0. The molecule has 1 N–H and O–H groups in total. The Labute approximate surface area is 95.3 Å². The zero-order valence-corrected chi connectivity index (χ0v) is 9.59. The molecule has 1 atom stereocenters. The van der Waals surface area contributed by atoms with Gasteiger partial charge in [-0.15, -0.1) is 5.10 Å². The maximum Gasteiger partial charge on any atom is 0.0847 e. The van der Waals surface area contributed by atoms with E-state index in [4.69, 9.17) is 0 Å². The minimum absolute atomic E-state index is 0.418. The molecule has 0 fully saturated rings. The van der Waals surface area contributed by atoms with Gasteiger partial charge in [0.1, 0.15) is 0 Å². The van der Waals surface area contributed by atoms with Crippen molar-refractivity contribution in [2.45, 2.75) is 19.4 Å². The van der Waals surface area contributed by atoms with Crippen molar-refractivity contribution in [3.8, 4) is 5.69 Å². The topological polar surface area (TPSA) is 42.7 Å². The predicted molar refractivity (Wildman–Crippen MR) is 63.6 cm³/mol. The lowest BCUT2D eigenvalue weighted by atomic mass is 10.2. The molecule has 1 aromatic heterocycles. The van der Waals surface area contributed by atoms with Crippen LogP contribution >= 0.6 is 0 Å². The van der Waals surface area contributed by atoms with Crippen LogP contribution in [0.5, 0.6) is 0 Å². The Hall–Kier alpha value is -1.68. The van der Waals surface area contributed by atoms with Gasteiger partial charge in [-0.2, -0.15) is 0 Å². The summed E-state index contributed by atoms with van der Waals surface area (Å²) in [5.41, 5.74) is 2.05. The number of hydrogen-bond donors (Lipinski definition) is 1. The zero-order valence-electron chi connectivity index (χ0n) is 9.59. The van der Waals surface area contributed by atoms with Crippen molar-refractivity contribution in [1.82, 2.24) is 20.3 Å². The molecule has 0 bridgehead atoms. The minimum atomic E-state index is 0.418. The van der Waals surface area contributed by atoms with Gasteiger partial charge >= 0.3 is 0 Å². The molecule has 0 amide bonds. The van der Waals surface area contributed by atoms with Crippen LogP contribution in [0.2, 0.25) is 0 Å². The maximum absolute atomic E-state index is 4.15. The molecule has 1 heterocycles. The molecule has 16 heavy (non-hydrogen) atoms. The number of likely N-dealkylation sites (N-methyl/N-ethyl adjacent to an activating group) is 1. The molecule has 0 aliphatic carbocycles. The lowest BCUT2D eigenvalue weighted by Crippen LogP contribution is -2.23. The molecular weight excluding hydrogens is 200 g/mol. The van der Waals surface area contributed by atoms with Crippen molar-refractivity contribution < 1.29 is 0 Å². The molecule has 0 saturated heterocycles. The van der Waals surface area contributed by atoms with Crippen LogP contribution in [0, 0.1) is 0 Å². The third kappa shape index (κ3) is 2.46. The Balaban J connectivity index is 2.14.